The van der Waals surface area contributed by atoms with E-state index < -0.39 is 23.0 Å². The normalized spacial score (nSPS) is 12.3. The highest BCUT2D eigenvalue weighted by atomic mass is 16.4. The number of hydrogen-bond donors (Lipinski definition) is 3. The second-order valence-corrected chi connectivity index (χ2v) is 4.04. The predicted octanol–water partition coefficient (Wildman–Crippen LogP) is 0.544. The minimum atomic E-state index is -1.07. The fraction of sp³-hybridized carbons (Fsp3) is 0.750. The van der Waals surface area contributed by atoms with Crippen molar-refractivity contribution in [2.45, 2.75) is 33.2 Å². The Labute approximate surface area is 77.3 Å². The third kappa shape index (κ3) is 2.34. The molecule has 4 N–H and O–H groups in total. The zero-order valence-electron chi connectivity index (χ0n) is 8.34. The summed E-state index contributed by atoms with van der Waals surface area (Å²) < 4.78 is 0. The maximum atomic E-state index is 10.9. The molecular weight excluding hydrogens is 172 g/mol. The molecule has 0 heterocycles. The van der Waals surface area contributed by atoms with Crippen molar-refractivity contribution < 1.29 is 14.7 Å². The van der Waals surface area contributed by atoms with Crippen molar-refractivity contribution in [2.75, 3.05) is 0 Å². The molecule has 0 atom stereocenters. The van der Waals surface area contributed by atoms with Crippen molar-refractivity contribution in [3.63, 3.8) is 0 Å². The van der Waals surface area contributed by atoms with E-state index in [0.717, 1.165) is 0 Å². The van der Waals surface area contributed by atoms with E-state index in [4.69, 9.17) is 10.8 Å². The molecule has 0 aliphatic rings. The molecule has 76 valence electrons. The van der Waals surface area contributed by atoms with Crippen LogP contribution in [0.2, 0.25) is 0 Å². The van der Waals surface area contributed by atoms with E-state index in [0.29, 0.717) is 0 Å². The second-order valence-electron chi connectivity index (χ2n) is 4.04. The molecule has 2 amide bonds. The summed E-state index contributed by atoms with van der Waals surface area (Å²) in [7, 11) is 0. The molecule has 0 aliphatic carbocycles. The van der Waals surface area contributed by atoms with Crippen molar-refractivity contribution in [2.24, 2.45) is 11.1 Å². The van der Waals surface area contributed by atoms with Gasteiger partial charge in [0.05, 0.1) is 11.0 Å². The lowest BCUT2D eigenvalue weighted by molar-refractivity contribution is -0.150. The van der Waals surface area contributed by atoms with Crippen LogP contribution in [0.5, 0.6) is 0 Å². The van der Waals surface area contributed by atoms with E-state index in [1.165, 1.54) is 13.8 Å². The van der Waals surface area contributed by atoms with E-state index in [2.05, 4.69) is 5.32 Å². The fourth-order valence-corrected chi connectivity index (χ4v) is 0.732. The van der Waals surface area contributed by atoms with Crippen molar-refractivity contribution in [3.8, 4) is 0 Å². The van der Waals surface area contributed by atoms with Gasteiger partial charge in [-0.3, -0.25) is 4.79 Å². The van der Waals surface area contributed by atoms with Crippen molar-refractivity contribution in [1.82, 2.24) is 5.32 Å². The van der Waals surface area contributed by atoms with Crippen molar-refractivity contribution in [3.05, 3.63) is 0 Å². The van der Waals surface area contributed by atoms with Gasteiger partial charge in [0, 0.05) is 0 Å². The highest BCUT2D eigenvalue weighted by Crippen LogP contribution is 2.30. The number of aliphatic carboxylic acids is 1. The quantitative estimate of drug-likeness (QED) is 0.603. The number of carboxylic acids is 1. The molecule has 0 unspecified atom stereocenters. The van der Waals surface area contributed by atoms with Gasteiger partial charge in [0.2, 0.25) is 0 Å². The monoisotopic (exact) mass is 188 g/mol. The Bertz CT molecular complexity index is 234. The first kappa shape index (κ1) is 11.7. The van der Waals surface area contributed by atoms with Gasteiger partial charge in [0.25, 0.3) is 0 Å². The average Bonchev–Trinajstić information content (AvgIpc) is 1.83. The van der Waals surface area contributed by atoms with Crippen LogP contribution >= 0.6 is 0 Å². The number of carboxylic acid groups (broad SMARTS) is 1. The number of carbonyl (C=O) groups is 2. The zero-order chi connectivity index (χ0) is 10.9. The van der Waals surface area contributed by atoms with E-state index >= 15 is 0 Å². The molecule has 5 nitrogen and oxygen atoms in total. The van der Waals surface area contributed by atoms with E-state index in [-0.39, 0.29) is 0 Å². The standard InChI is InChI=1S/C8H16N2O3/c1-7(2,5(11)12)8(3,4)10-6(9)13/h1-4H3,(H,11,12)(H3,9,10,13). The number of nitrogens with one attached hydrogen (secondary N) is 1. The molecule has 5 heteroatoms. The van der Waals surface area contributed by atoms with Crippen LogP contribution in [-0.2, 0) is 4.79 Å². The molecular formula is C8H16N2O3. The summed E-state index contributed by atoms with van der Waals surface area (Å²) in [5.41, 5.74) is 2.98. The maximum absolute atomic E-state index is 10.9. The van der Waals surface area contributed by atoms with Gasteiger partial charge in [-0.1, -0.05) is 0 Å². The fourth-order valence-electron chi connectivity index (χ4n) is 0.732. The van der Waals surface area contributed by atoms with Crippen LogP contribution in [-0.4, -0.2) is 22.6 Å². The van der Waals surface area contributed by atoms with Crippen LogP contribution in [0.15, 0.2) is 0 Å². The summed E-state index contributed by atoms with van der Waals surface area (Å²) in [5, 5.41) is 11.3. The van der Waals surface area contributed by atoms with Crippen LogP contribution < -0.4 is 11.1 Å². The van der Waals surface area contributed by atoms with E-state index in [1.54, 1.807) is 13.8 Å². The lowest BCUT2D eigenvalue weighted by atomic mass is 9.74. The number of carbonyl (C=O) groups excluding carboxylic acids is 1. The topological polar surface area (TPSA) is 92.4 Å². The number of rotatable bonds is 3. The molecule has 0 bridgehead atoms. The molecule has 0 spiro atoms. The lowest BCUT2D eigenvalue weighted by Crippen LogP contribution is -2.58. The summed E-state index contributed by atoms with van der Waals surface area (Å²) in [6.45, 7) is 6.30. The Hall–Kier alpha value is -1.26. The van der Waals surface area contributed by atoms with Gasteiger partial charge in [-0.2, -0.15) is 0 Å². The van der Waals surface area contributed by atoms with Gasteiger partial charge in [-0.15, -0.1) is 0 Å². The average molecular weight is 188 g/mol. The highest BCUT2D eigenvalue weighted by Gasteiger charge is 2.44. The Kier molecular flexibility index (Phi) is 2.92. The third-order valence-electron chi connectivity index (χ3n) is 2.53. The van der Waals surface area contributed by atoms with Gasteiger partial charge < -0.3 is 16.2 Å². The Morgan fingerprint density at radius 2 is 1.62 bits per heavy atom. The zero-order valence-corrected chi connectivity index (χ0v) is 8.34. The van der Waals surface area contributed by atoms with Crippen LogP contribution in [0.25, 0.3) is 0 Å². The molecule has 0 saturated heterocycles. The van der Waals surface area contributed by atoms with Crippen LogP contribution in [0.3, 0.4) is 0 Å². The second kappa shape index (κ2) is 3.24. The molecule has 0 aromatic heterocycles. The molecule has 0 saturated carbocycles. The first-order valence-electron chi connectivity index (χ1n) is 3.92. The van der Waals surface area contributed by atoms with E-state index in [1.807, 2.05) is 0 Å². The number of urea groups is 1. The summed E-state index contributed by atoms with van der Waals surface area (Å²) in [6.07, 6.45) is 0. The Morgan fingerprint density at radius 3 is 1.85 bits per heavy atom. The Balaban J connectivity index is 4.80. The largest absolute Gasteiger partial charge is 0.481 e. The number of hydrogen-bond acceptors (Lipinski definition) is 2. The molecule has 0 aromatic rings. The van der Waals surface area contributed by atoms with Gasteiger partial charge in [-0.25, -0.2) is 4.79 Å². The van der Waals surface area contributed by atoms with Crippen LogP contribution in [0.4, 0.5) is 4.79 Å². The molecule has 0 fully saturated rings. The van der Waals surface area contributed by atoms with Crippen LogP contribution in [0, 0.1) is 5.41 Å². The third-order valence-corrected chi connectivity index (χ3v) is 2.53. The van der Waals surface area contributed by atoms with Crippen molar-refractivity contribution in [1.29, 1.82) is 0 Å². The molecule has 0 aromatic carbocycles. The number of amides is 2. The smallest absolute Gasteiger partial charge is 0.312 e. The van der Waals surface area contributed by atoms with Gasteiger partial charge in [0.1, 0.15) is 0 Å². The highest BCUT2D eigenvalue weighted by molar-refractivity contribution is 5.78. The molecule has 0 rings (SSSR count). The SMILES string of the molecule is CC(C)(NC(N)=O)C(C)(C)C(=O)O. The van der Waals surface area contributed by atoms with Crippen molar-refractivity contribution >= 4 is 12.0 Å². The van der Waals surface area contributed by atoms with Gasteiger partial charge in [-0.05, 0) is 27.7 Å². The molecule has 0 aliphatic heterocycles. The summed E-state index contributed by atoms with van der Waals surface area (Å²) in [4.78, 5) is 21.5. The summed E-state index contributed by atoms with van der Waals surface area (Å²) in [6, 6.07) is -0.723. The summed E-state index contributed by atoms with van der Waals surface area (Å²) in [5.74, 6) is -0.980. The first-order valence-corrected chi connectivity index (χ1v) is 3.92. The molecule has 13 heavy (non-hydrogen) atoms. The number of primary amides is 1. The summed E-state index contributed by atoms with van der Waals surface area (Å²) >= 11 is 0. The number of nitrogens with two attached hydrogens (primary N) is 1. The predicted molar refractivity (Wildman–Crippen MR) is 48.2 cm³/mol. The van der Waals surface area contributed by atoms with Gasteiger partial charge in [0.15, 0.2) is 0 Å². The van der Waals surface area contributed by atoms with E-state index in [9.17, 15) is 9.59 Å². The minimum absolute atomic E-state index is 0.723. The molecule has 0 radical (unpaired) electrons. The van der Waals surface area contributed by atoms with Crippen LogP contribution in [0.1, 0.15) is 27.7 Å². The Morgan fingerprint density at radius 1 is 1.23 bits per heavy atom. The first-order chi connectivity index (χ1) is 5.61. The lowest BCUT2D eigenvalue weighted by Gasteiger charge is -2.38. The minimum Gasteiger partial charge on any atom is -0.481 e. The maximum Gasteiger partial charge on any atom is 0.312 e. The van der Waals surface area contributed by atoms with Gasteiger partial charge >= 0.3 is 12.0 Å².